The Morgan fingerprint density at radius 3 is 2.59 bits per heavy atom. The van der Waals surface area contributed by atoms with Gasteiger partial charge in [0.05, 0.1) is 21.6 Å². The molecular weight excluding hydrogens is 282 g/mol. The maximum absolute atomic E-state index is 4.35. The van der Waals surface area contributed by atoms with E-state index < -0.39 is 0 Å². The summed E-state index contributed by atoms with van der Waals surface area (Å²) in [6.45, 7) is 3.53. The molecule has 0 atom stereocenters. The lowest BCUT2D eigenvalue weighted by Crippen LogP contribution is -2.16. The van der Waals surface area contributed by atoms with Crippen molar-refractivity contribution in [3.8, 4) is 0 Å². The van der Waals surface area contributed by atoms with Crippen molar-refractivity contribution in [2.45, 2.75) is 20.0 Å². The van der Waals surface area contributed by atoms with Crippen LogP contribution in [0.25, 0.3) is 0 Å². The van der Waals surface area contributed by atoms with Gasteiger partial charge in [0, 0.05) is 33.4 Å². The molecule has 17 heavy (non-hydrogen) atoms. The van der Waals surface area contributed by atoms with Gasteiger partial charge in [-0.05, 0) is 28.9 Å². The number of nitrogens with one attached hydrogen (secondary N) is 1. The Balaban J connectivity index is 1.94. The van der Waals surface area contributed by atoms with Crippen LogP contribution in [0.2, 0.25) is 0 Å². The molecule has 0 unspecified atom stereocenters. The summed E-state index contributed by atoms with van der Waals surface area (Å²) in [5.74, 6) is 0. The van der Waals surface area contributed by atoms with E-state index in [9.17, 15) is 0 Å². The first-order chi connectivity index (χ1) is 8.08. The summed E-state index contributed by atoms with van der Waals surface area (Å²) in [7, 11) is 3.88. The smallest absolute Gasteiger partial charge is 0.0762 e. The van der Waals surface area contributed by atoms with Gasteiger partial charge in [-0.15, -0.1) is 0 Å². The van der Waals surface area contributed by atoms with Crippen molar-refractivity contribution in [1.29, 1.82) is 0 Å². The van der Waals surface area contributed by atoms with Crippen molar-refractivity contribution < 1.29 is 0 Å². The maximum atomic E-state index is 4.35. The molecule has 5 nitrogen and oxygen atoms in total. The van der Waals surface area contributed by atoms with Crippen LogP contribution in [0.15, 0.2) is 16.7 Å². The molecule has 0 aromatic carbocycles. The summed E-state index contributed by atoms with van der Waals surface area (Å²) in [4.78, 5) is 0. The summed E-state index contributed by atoms with van der Waals surface area (Å²) < 4.78 is 4.78. The largest absolute Gasteiger partial charge is 0.305 e. The van der Waals surface area contributed by atoms with Crippen LogP contribution in [0.1, 0.15) is 17.1 Å². The van der Waals surface area contributed by atoms with Crippen molar-refractivity contribution in [2.75, 3.05) is 0 Å². The molecule has 0 spiro atoms. The Morgan fingerprint density at radius 1 is 1.29 bits per heavy atom. The minimum Gasteiger partial charge on any atom is -0.305 e. The number of nitrogens with zero attached hydrogens (tertiary/aromatic N) is 4. The fraction of sp³-hybridized carbons (Fsp3) is 0.455. The average Bonchev–Trinajstić information content (AvgIpc) is 2.78. The number of aryl methyl sites for hydroxylation is 3. The molecule has 0 saturated carbocycles. The molecule has 0 aliphatic carbocycles. The maximum Gasteiger partial charge on any atom is 0.0762 e. The molecule has 0 amide bonds. The molecule has 0 fully saturated rings. The normalized spacial score (nSPS) is 11.1. The van der Waals surface area contributed by atoms with Gasteiger partial charge in [0.2, 0.25) is 0 Å². The van der Waals surface area contributed by atoms with Crippen molar-refractivity contribution in [2.24, 2.45) is 14.1 Å². The van der Waals surface area contributed by atoms with Gasteiger partial charge in [0.1, 0.15) is 0 Å². The first-order valence-electron chi connectivity index (χ1n) is 5.45. The lowest BCUT2D eigenvalue weighted by atomic mass is 10.3. The molecule has 1 N–H and O–H groups in total. The molecular formula is C11H16BrN5. The van der Waals surface area contributed by atoms with Crippen molar-refractivity contribution in [3.63, 3.8) is 0 Å². The molecule has 2 rings (SSSR count). The summed E-state index contributed by atoms with van der Waals surface area (Å²) in [5, 5.41) is 12.0. The Kier molecular flexibility index (Phi) is 3.63. The topological polar surface area (TPSA) is 47.7 Å². The van der Waals surface area contributed by atoms with E-state index in [2.05, 4.69) is 31.4 Å². The Hall–Kier alpha value is -1.14. The number of rotatable bonds is 4. The molecule has 0 aliphatic heterocycles. The minimum absolute atomic E-state index is 0.761. The zero-order chi connectivity index (χ0) is 12.4. The van der Waals surface area contributed by atoms with Crippen LogP contribution < -0.4 is 5.32 Å². The van der Waals surface area contributed by atoms with Crippen LogP contribution in [-0.4, -0.2) is 19.6 Å². The van der Waals surface area contributed by atoms with Crippen LogP contribution in [0, 0.1) is 6.92 Å². The predicted octanol–water partition coefficient (Wildman–Crippen LogP) is 1.51. The standard InChI is InChI=1S/C11H16BrN5/c1-8-11(12)10(17(3)14-8)7-13-6-9-4-5-16(2)15-9/h4-5,13H,6-7H2,1-3H3. The van der Waals surface area contributed by atoms with Gasteiger partial charge < -0.3 is 5.32 Å². The number of hydrogen-bond acceptors (Lipinski definition) is 3. The molecule has 92 valence electrons. The summed E-state index contributed by atoms with van der Waals surface area (Å²) in [5.41, 5.74) is 3.21. The Bertz CT molecular complexity index is 514. The van der Waals surface area contributed by atoms with Crippen LogP contribution in [0.4, 0.5) is 0 Å². The SMILES string of the molecule is Cc1nn(C)c(CNCc2ccn(C)n2)c1Br. The third kappa shape index (κ3) is 2.76. The number of hydrogen-bond donors (Lipinski definition) is 1. The van der Waals surface area contributed by atoms with E-state index in [0.29, 0.717) is 0 Å². The highest BCUT2D eigenvalue weighted by Gasteiger charge is 2.09. The van der Waals surface area contributed by atoms with Crippen LogP contribution >= 0.6 is 15.9 Å². The number of halogens is 1. The first-order valence-corrected chi connectivity index (χ1v) is 6.24. The third-order valence-corrected chi connectivity index (χ3v) is 3.66. The van der Waals surface area contributed by atoms with Gasteiger partial charge in [-0.25, -0.2) is 0 Å². The molecule has 0 bridgehead atoms. The molecule has 6 heteroatoms. The average molecular weight is 298 g/mol. The highest BCUT2D eigenvalue weighted by Crippen LogP contribution is 2.19. The quantitative estimate of drug-likeness (QED) is 0.931. The zero-order valence-electron chi connectivity index (χ0n) is 10.2. The Labute approximate surface area is 109 Å². The van der Waals surface area contributed by atoms with E-state index in [-0.39, 0.29) is 0 Å². The summed E-state index contributed by atoms with van der Waals surface area (Å²) in [6.07, 6.45) is 1.95. The van der Waals surface area contributed by atoms with E-state index >= 15 is 0 Å². The predicted molar refractivity (Wildman–Crippen MR) is 69.4 cm³/mol. The highest BCUT2D eigenvalue weighted by atomic mass is 79.9. The van der Waals surface area contributed by atoms with Crippen molar-refractivity contribution in [3.05, 3.63) is 33.8 Å². The van der Waals surface area contributed by atoms with E-state index in [0.717, 1.165) is 34.6 Å². The second-order valence-electron chi connectivity index (χ2n) is 4.05. The van der Waals surface area contributed by atoms with Crippen LogP contribution in [0.5, 0.6) is 0 Å². The molecule has 2 aromatic heterocycles. The summed E-state index contributed by atoms with van der Waals surface area (Å²) in [6, 6.07) is 2.01. The molecule has 0 radical (unpaired) electrons. The monoisotopic (exact) mass is 297 g/mol. The second-order valence-corrected chi connectivity index (χ2v) is 4.85. The third-order valence-electron chi connectivity index (χ3n) is 2.63. The van der Waals surface area contributed by atoms with E-state index in [1.165, 1.54) is 0 Å². The number of aromatic nitrogens is 4. The molecule has 0 aliphatic rings. The summed E-state index contributed by atoms with van der Waals surface area (Å²) >= 11 is 3.55. The van der Waals surface area contributed by atoms with Crippen LogP contribution in [-0.2, 0) is 27.2 Å². The minimum atomic E-state index is 0.761. The molecule has 0 saturated heterocycles. The van der Waals surface area contributed by atoms with Crippen LogP contribution in [0.3, 0.4) is 0 Å². The Morgan fingerprint density at radius 2 is 2.06 bits per heavy atom. The zero-order valence-corrected chi connectivity index (χ0v) is 11.8. The van der Waals surface area contributed by atoms with Crippen molar-refractivity contribution in [1.82, 2.24) is 24.9 Å². The fourth-order valence-electron chi connectivity index (χ4n) is 1.74. The molecule has 2 aromatic rings. The van der Waals surface area contributed by atoms with Gasteiger partial charge in [-0.2, -0.15) is 10.2 Å². The van der Waals surface area contributed by atoms with Gasteiger partial charge in [-0.1, -0.05) is 0 Å². The van der Waals surface area contributed by atoms with E-state index in [4.69, 9.17) is 0 Å². The lowest BCUT2D eigenvalue weighted by molar-refractivity contribution is 0.609. The van der Waals surface area contributed by atoms with Gasteiger partial charge in [0.25, 0.3) is 0 Å². The molecule has 2 heterocycles. The highest BCUT2D eigenvalue weighted by molar-refractivity contribution is 9.10. The van der Waals surface area contributed by atoms with E-state index in [1.54, 1.807) is 4.68 Å². The lowest BCUT2D eigenvalue weighted by Gasteiger charge is -2.04. The van der Waals surface area contributed by atoms with Gasteiger partial charge >= 0.3 is 0 Å². The second kappa shape index (κ2) is 5.01. The van der Waals surface area contributed by atoms with Crippen molar-refractivity contribution >= 4 is 15.9 Å². The fourth-order valence-corrected chi connectivity index (χ4v) is 2.21. The first kappa shape index (κ1) is 12.3. The van der Waals surface area contributed by atoms with Gasteiger partial charge in [0.15, 0.2) is 0 Å². The van der Waals surface area contributed by atoms with E-state index in [1.807, 2.05) is 38.0 Å². The van der Waals surface area contributed by atoms with Gasteiger partial charge in [-0.3, -0.25) is 9.36 Å².